The van der Waals surface area contributed by atoms with E-state index in [-0.39, 0.29) is 30.4 Å². The summed E-state index contributed by atoms with van der Waals surface area (Å²) in [4.78, 5) is 11.6. The Kier molecular flexibility index (Phi) is 3.09. The van der Waals surface area contributed by atoms with Crippen molar-refractivity contribution < 1.29 is 32.2 Å². The molecule has 1 aromatic rings. The molecule has 2 aliphatic rings. The van der Waals surface area contributed by atoms with E-state index in [1.807, 2.05) is 5.92 Å². The summed E-state index contributed by atoms with van der Waals surface area (Å²) in [5.41, 5.74) is -3.54. The second-order valence-electron chi connectivity index (χ2n) is 4.57. The van der Waals surface area contributed by atoms with Gasteiger partial charge in [0.15, 0.2) is 11.5 Å². The van der Waals surface area contributed by atoms with Crippen LogP contribution in [0.1, 0.15) is 18.9 Å². The summed E-state index contributed by atoms with van der Waals surface area (Å²) in [6, 6.07) is 2.72. The molecule has 0 spiro atoms. The Morgan fingerprint density at radius 2 is 2.14 bits per heavy atom. The Morgan fingerprint density at radius 3 is 2.82 bits per heavy atom. The number of amides is 1. The molecule has 3 rings (SSSR count). The summed E-state index contributed by atoms with van der Waals surface area (Å²) in [5.74, 6) is 4.41. The van der Waals surface area contributed by atoms with Gasteiger partial charge in [0.25, 0.3) is 5.60 Å². The van der Waals surface area contributed by atoms with Gasteiger partial charge < -0.3 is 14.2 Å². The van der Waals surface area contributed by atoms with Crippen molar-refractivity contribution in [3.63, 3.8) is 0 Å². The van der Waals surface area contributed by atoms with Gasteiger partial charge in [-0.15, -0.1) is 0 Å². The van der Waals surface area contributed by atoms with Crippen LogP contribution in [0.25, 0.3) is 0 Å². The maximum absolute atomic E-state index is 13.7. The molecular formula is C14H10F3NO4. The third kappa shape index (κ3) is 1.93. The third-order valence-corrected chi connectivity index (χ3v) is 3.21. The summed E-state index contributed by atoms with van der Waals surface area (Å²) < 4.78 is 56.1. The number of benzene rings is 1. The average molecular weight is 313 g/mol. The summed E-state index contributed by atoms with van der Waals surface area (Å²) in [5, 5.41) is 2.23. The van der Waals surface area contributed by atoms with Crippen molar-refractivity contribution in [3.8, 4) is 23.3 Å². The minimum atomic E-state index is -4.94. The molecule has 1 N–H and O–H groups in total. The summed E-state index contributed by atoms with van der Waals surface area (Å²) in [6.07, 6.45) is -6.00. The SMILES string of the molecule is CCC#CC1(C(F)(F)F)OC(=O)Nc2ccc3c(c21)OCO3. The Hall–Kier alpha value is -2.56. The molecule has 8 heteroatoms. The van der Waals surface area contributed by atoms with Crippen molar-refractivity contribution in [2.45, 2.75) is 25.1 Å². The Morgan fingerprint density at radius 1 is 1.36 bits per heavy atom. The van der Waals surface area contributed by atoms with Gasteiger partial charge in [-0.2, -0.15) is 13.2 Å². The first-order chi connectivity index (χ1) is 10.4. The molecule has 0 aliphatic carbocycles. The van der Waals surface area contributed by atoms with Crippen molar-refractivity contribution in [2.24, 2.45) is 0 Å². The number of halogens is 3. The van der Waals surface area contributed by atoms with Crippen molar-refractivity contribution in [1.29, 1.82) is 0 Å². The first-order valence-corrected chi connectivity index (χ1v) is 6.39. The minimum Gasteiger partial charge on any atom is -0.454 e. The van der Waals surface area contributed by atoms with E-state index in [9.17, 15) is 18.0 Å². The number of fused-ring (bicyclic) bond motifs is 3. The van der Waals surface area contributed by atoms with E-state index >= 15 is 0 Å². The van der Waals surface area contributed by atoms with Crippen LogP contribution in [-0.4, -0.2) is 19.1 Å². The van der Waals surface area contributed by atoms with Gasteiger partial charge in [0.05, 0.1) is 11.3 Å². The molecule has 116 valence electrons. The minimum absolute atomic E-state index is 0.0665. The highest BCUT2D eigenvalue weighted by molar-refractivity contribution is 5.91. The zero-order valence-corrected chi connectivity index (χ0v) is 11.3. The highest BCUT2D eigenvalue weighted by Gasteiger charge is 2.63. The van der Waals surface area contributed by atoms with Crippen LogP contribution >= 0.6 is 0 Å². The van der Waals surface area contributed by atoms with Crippen molar-refractivity contribution in [1.82, 2.24) is 0 Å². The number of anilines is 1. The maximum atomic E-state index is 13.7. The molecular weight excluding hydrogens is 303 g/mol. The number of carbonyl (C=O) groups excluding carboxylic acids is 1. The highest BCUT2D eigenvalue weighted by Crippen LogP contribution is 2.54. The maximum Gasteiger partial charge on any atom is 0.445 e. The fourth-order valence-electron chi connectivity index (χ4n) is 2.32. The number of nitrogens with one attached hydrogen (secondary N) is 1. The molecule has 0 saturated heterocycles. The van der Waals surface area contributed by atoms with Gasteiger partial charge in [0.2, 0.25) is 6.79 Å². The summed E-state index contributed by atoms with van der Waals surface area (Å²) in [7, 11) is 0. The molecule has 2 aliphatic heterocycles. The van der Waals surface area contributed by atoms with Crippen LogP contribution in [-0.2, 0) is 10.3 Å². The third-order valence-electron chi connectivity index (χ3n) is 3.21. The van der Waals surface area contributed by atoms with Crippen molar-refractivity contribution in [2.75, 3.05) is 12.1 Å². The molecule has 1 aromatic carbocycles. The number of carbonyl (C=O) groups is 1. The first kappa shape index (κ1) is 14.4. The molecule has 5 nitrogen and oxygen atoms in total. The predicted molar refractivity (Wildman–Crippen MR) is 68.5 cm³/mol. The number of rotatable bonds is 0. The molecule has 22 heavy (non-hydrogen) atoms. The highest BCUT2D eigenvalue weighted by atomic mass is 19.4. The normalized spacial score (nSPS) is 22.1. The van der Waals surface area contributed by atoms with E-state index in [0.29, 0.717) is 0 Å². The molecule has 2 heterocycles. The van der Waals surface area contributed by atoms with Crippen LogP contribution < -0.4 is 14.8 Å². The largest absolute Gasteiger partial charge is 0.454 e. The second kappa shape index (κ2) is 4.73. The monoisotopic (exact) mass is 313 g/mol. The lowest BCUT2D eigenvalue weighted by atomic mass is 9.89. The van der Waals surface area contributed by atoms with Crippen LogP contribution in [0.2, 0.25) is 0 Å². The molecule has 1 unspecified atom stereocenters. The van der Waals surface area contributed by atoms with E-state index in [4.69, 9.17) is 9.47 Å². The number of hydrogen-bond donors (Lipinski definition) is 1. The molecule has 0 saturated carbocycles. The van der Waals surface area contributed by atoms with Crippen LogP contribution in [0, 0.1) is 11.8 Å². The van der Waals surface area contributed by atoms with Crippen LogP contribution in [0.3, 0.4) is 0 Å². The van der Waals surface area contributed by atoms with E-state index in [2.05, 4.69) is 16.0 Å². The predicted octanol–water partition coefficient (Wildman–Crippen LogP) is 3.15. The first-order valence-electron chi connectivity index (χ1n) is 6.39. The zero-order valence-electron chi connectivity index (χ0n) is 11.3. The van der Waals surface area contributed by atoms with Crippen molar-refractivity contribution >= 4 is 11.8 Å². The fraction of sp³-hybridized carbons (Fsp3) is 0.357. The van der Waals surface area contributed by atoms with E-state index < -0.39 is 23.4 Å². The van der Waals surface area contributed by atoms with Crippen molar-refractivity contribution in [3.05, 3.63) is 17.7 Å². The van der Waals surface area contributed by atoms with Gasteiger partial charge in [-0.25, -0.2) is 4.79 Å². The van der Waals surface area contributed by atoms with Crippen LogP contribution in [0.15, 0.2) is 12.1 Å². The summed E-state index contributed by atoms with van der Waals surface area (Å²) in [6.45, 7) is 1.38. The zero-order chi connectivity index (χ0) is 16.0. The standard InChI is InChI=1S/C14H10F3NO4/c1-2-3-6-13(14(15,16)17)10-8(18-12(19)22-13)4-5-9-11(10)21-7-20-9/h4-5H,2,7H2,1H3,(H,18,19). The van der Waals surface area contributed by atoms with Gasteiger partial charge in [-0.3, -0.25) is 5.32 Å². The van der Waals surface area contributed by atoms with E-state index in [1.165, 1.54) is 12.1 Å². The van der Waals surface area contributed by atoms with Crippen LogP contribution in [0.5, 0.6) is 11.5 Å². The van der Waals surface area contributed by atoms with Gasteiger partial charge in [-0.1, -0.05) is 12.8 Å². The lowest BCUT2D eigenvalue weighted by Crippen LogP contribution is -2.49. The lowest BCUT2D eigenvalue weighted by molar-refractivity contribution is -0.239. The molecule has 1 amide bonds. The number of hydrogen-bond acceptors (Lipinski definition) is 4. The molecule has 0 bridgehead atoms. The van der Waals surface area contributed by atoms with E-state index in [1.54, 1.807) is 6.92 Å². The smallest absolute Gasteiger partial charge is 0.445 e. The number of ether oxygens (including phenoxy) is 3. The molecule has 0 fully saturated rings. The Balaban J connectivity index is 2.33. The quantitative estimate of drug-likeness (QED) is 0.748. The molecule has 0 radical (unpaired) electrons. The Bertz CT molecular complexity index is 705. The van der Waals surface area contributed by atoms with Gasteiger partial charge in [0, 0.05) is 6.42 Å². The lowest BCUT2D eigenvalue weighted by Gasteiger charge is -2.36. The second-order valence-corrected chi connectivity index (χ2v) is 4.57. The topological polar surface area (TPSA) is 56.8 Å². The van der Waals surface area contributed by atoms with Gasteiger partial charge in [-0.05, 0) is 18.1 Å². The molecule has 1 atom stereocenters. The number of alkyl halides is 3. The fourth-order valence-corrected chi connectivity index (χ4v) is 2.32. The van der Waals surface area contributed by atoms with Gasteiger partial charge in [0.1, 0.15) is 0 Å². The molecule has 0 aromatic heterocycles. The van der Waals surface area contributed by atoms with Gasteiger partial charge >= 0.3 is 12.3 Å². The summed E-state index contributed by atoms with van der Waals surface area (Å²) >= 11 is 0. The van der Waals surface area contributed by atoms with Crippen LogP contribution in [0.4, 0.5) is 23.7 Å². The van der Waals surface area contributed by atoms with E-state index in [0.717, 1.165) is 0 Å². The Labute approximate surface area is 123 Å². The number of cyclic esters (lactones) is 1. The average Bonchev–Trinajstić information content (AvgIpc) is 2.91.